The Morgan fingerprint density at radius 3 is 2.75 bits per heavy atom. The summed E-state index contributed by atoms with van der Waals surface area (Å²) in [5.41, 5.74) is 0.587. The van der Waals surface area contributed by atoms with E-state index in [1.165, 1.54) is 24.1 Å². The highest BCUT2D eigenvalue weighted by atomic mass is 35.5. The third-order valence-corrected chi connectivity index (χ3v) is 3.57. The van der Waals surface area contributed by atoms with Crippen molar-refractivity contribution in [1.29, 1.82) is 0 Å². The van der Waals surface area contributed by atoms with Gasteiger partial charge in [0.05, 0.1) is 19.0 Å². The SMILES string of the molecule is COc1c[nH]c(=O)cc1-c1cc(Cl)ccc1-n1cc(C(F)F)nn1. The Hall–Kier alpha value is -2.74. The van der Waals surface area contributed by atoms with Crippen LogP contribution in [0.2, 0.25) is 5.02 Å². The number of nitrogens with one attached hydrogen (secondary N) is 1. The van der Waals surface area contributed by atoms with E-state index in [0.717, 1.165) is 6.20 Å². The summed E-state index contributed by atoms with van der Waals surface area (Å²) in [6, 6.07) is 6.11. The number of aromatic amines is 1. The minimum atomic E-state index is -2.73. The smallest absolute Gasteiger partial charge is 0.283 e. The molecule has 0 unspecified atom stereocenters. The van der Waals surface area contributed by atoms with Crippen LogP contribution in [0.25, 0.3) is 16.8 Å². The van der Waals surface area contributed by atoms with Crippen molar-refractivity contribution in [3.05, 3.63) is 57.7 Å². The maximum atomic E-state index is 12.8. The molecule has 124 valence electrons. The second kappa shape index (κ2) is 6.40. The molecule has 0 saturated heterocycles. The summed E-state index contributed by atoms with van der Waals surface area (Å²) >= 11 is 6.05. The molecule has 0 aliphatic carbocycles. The fraction of sp³-hybridized carbons (Fsp3) is 0.133. The normalized spacial score (nSPS) is 11.0. The maximum Gasteiger partial charge on any atom is 0.283 e. The minimum Gasteiger partial charge on any atom is -0.495 e. The van der Waals surface area contributed by atoms with Crippen LogP contribution >= 0.6 is 11.6 Å². The van der Waals surface area contributed by atoms with Gasteiger partial charge in [-0.05, 0) is 18.2 Å². The van der Waals surface area contributed by atoms with E-state index in [2.05, 4.69) is 15.3 Å². The Morgan fingerprint density at radius 1 is 1.29 bits per heavy atom. The van der Waals surface area contributed by atoms with Crippen molar-refractivity contribution >= 4 is 11.6 Å². The molecule has 3 rings (SSSR count). The number of methoxy groups -OCH3 is 1. The Morgan fingerprint density at radius 2 is 2.08 bits per heavy atom. The zero-order valence-corrected chi connectivity index (χ0v) is 13.1. The molecule has 0 saturated carbocycles. The monoisotopic (exact) mass is 352 g/mol. The fourth-order valence-corrected chi connectivity index (χ4v) is 2.43. The molecule has 24 heavy (non-hydrogen) atoms. The van der Waals surface area contributed by atoms with Crippen molar-refractivity contribution < 1.29 is 13.5 Å². The first kappa shape index (κ1) is 16.1. The van der Waals surface area contributed by atoms with Gasteiger partial charge in [-0.2, -0.15) is 0 Å². The lowest BCUT2D eigenvalue weighted by atomic mass is 10.0. The summed E-state index contributed by atoms with van der Waals surface area (Å²) in [6.07, 6.45) is -0.200. The molecule has 0 aliphatic rings. The van der Waals surface area contributed by atoms with Gasteiger partial charge >= 0.3 is 0 Å². The Kier molecular flexibility index (Phi) is 4.30. The molecule has 0 atom stereocenters. The Labute approximate surface area is 139 Å². The molecule has 0 bridgehead atoms. The molecular weight excluding hydrogens is 342 g/mol. The van der Waals surface area contributed by atoms with E-state index in [-0.39, 0.29) is 5.56 Å². The number of hydrogen-bond acceptors (Lipinski definition) is 4. The first-order chi connectivity index (χ1) is 11.5. The van der Waals surface area contributed by atoms with E-state index in [1.54, 1.807) is 18.2 Å². The highest BCUT2D eigenvalue weighted by Gasteiger charge is 2.17. The van der Waals surface area contributed by atoms with Crippen LogP contribution in [0.4, 0.5) is 8.78 Å². The van der Waals surface area contributed by atoms with Crippen LogP contribution in [0, 0.1) is 0 Å². The molecule has 0 spiro atoms. The molecule has 0 fully saturated rings. The predicted molar refractivity (Wildman–Crippen MR) is 83.9 cm³/mol. The lowest BCUT2D eigenvalue weighted by Crippen LogP contribution is -2.06. The lowest BCUT2D eigenvalue weighted by Gasteiger charge is -2.12. The van der Waals surface area contributed by atoms with Gasteiger partial charge in [-0.3, -0.25) is 4.79 Å². The average molecular weight is 353 g/mol. The van der Waals surface area contributed by atoms with Gasteiger partial charge in [-0.1, -0.05) is 16.8 Å². The molecule has 1 aromatic carbocycles. The van der Waals surface area contributed by atoms with Crippen LogP contribution in [0.15, 0.2) is 41.5 Å². The zero-order valence-electron chi connectivity index (χ0n) is 12.3. The predicted octanol–water partition coefficient (Wildman–Crippen LogP) is 3.22. The number of benzene rings is 1. The Bertz CT molecular complexity index is 939. The number of aromatic nitrogens is 4. The van der Waals surface area contributed by atoms with Crippen molar-refractivity contribution in [1.82, 2.24) is 20.0 Å². The van der Waals surface area contributed by atoms with Crippen LogP contribution in [-0.4, -0.2) is 27.1 Å². The van der Waals surface area contributed by atoms with Crippen LogP contribution in [-0.2, 0) is 0 Å². The number of pyridine rings is 1. The van der Waals surface area contributed by atoms with Gasteiger partial charge in [0.15, 0.2) is 0 Å². The van der Waals surface area contributed by atoms with Gasteiger partial charge in [-0.25, -0.2) is 13.5 Å². The van der Waals surface area contributed by atoms with Gasteiger partial charge in [0.2, 0.25) is 5.56 Å². The number of nitrogens with zero attached hydrogens (tertiary/aromatic N) is 3. The largest absolute Gasteiger partial charge is 0.495 e. The minimum absolute atomic E-state index is 0.344. The molecule has 2 heterocycles. The van der Waals surface area contributed by atoms with Gasteiger partial charge in [0.1, 0.15) is 11.4 Å². The van der Waals surface area contributed by atoms with E-state index < -0.39 is 12.1 Å². The average Bonchev–Trinajstić information content (AvgIpc) is 3.05. The highest BCUT2D eigenvalue weighted by Crippen LogP contribution is 2.34. The first-order valence-electron chi connectivity index (χ1n) is 6.77. The van der Waals surface area contributed by atoms with E-state index in [0.29, 0.717) is 27.6 Å². The maximum absolute atomic E-state index is 12.8. The number of H-pyrrole nitrogens is 1. The van der Waals surface area contributed by atoms with Crippen molar-refractivity contribution in [2.24, 2.45) is 0 Å². The summed E-state index contributed by atoms with van der Waals surface area (Å²) < 4.78 is 32.0. The first-order valence-corrected chi connectivity index (χ1v) is 7.15. The number of rotatable bonds is 4. The summed E-state index contributed by atoms with van der Waals surface area (Å²) in [7, 11) is 1.45. The molecular formula is C15H11ClF2N4O2. The lowest BCUT2D eigenvalue weighted by molar-refractivity contribution is 0.146. The molecule has 3 aromatic rings. The molecule has 2 aromatic heterocycles. The third-order valence-electron chi connectivity index (χ3n) is 3.34. The van der Waals surface area contributed by atoms with Gasteiger partial charge in [0, 0.05) is 28.4 Å². The summed E-state index contributed by atoms with van der Waals surface area (Å²) in [5, 5.41) is 7.57. The standard InChI is InChI=1S/C15H11ClF2N4O2/c1-24-13-6-19-14(23)5-10(13)9-4-8(16)2-3-12(9)22-7-11(15(17)18)20-21-22/h2-7,15H,1H3,(H,19,23). The van der Waals surface area contributed by atoms with Gasteiger partial charge < -0.3 is 9.72 Å². The summed E-state index contributed by atoms with van der Waals surface area (Å²) in [6.45, 7) is 0. The number of halogens is 3. The molecule has 0 amide bonds. The topological polar surface area (TPSA) is 72.8 Å². The van der Waals surface area contributed by atoms with Crippen molar-refractivity contribution in [3.63, 3.8) is 0 Å². The van der Waals surface area contributed by atoms with Crippen LogP contribution in [0.5, 0.6) is 5.75 Å². The van der Waals surface area contributed by atoms with Crippen LogP contribution in [0.1, 0.15) is 12.1 Å². The Balaban J connectivity index is 2.23. The van der Waals surface area contributed by atoms with Gasteiger partial charge in [0.25, 0.3) is 6.43 Å². The number of ether oxygens (including phenoxy) is 1. The third kappa shape index (κ3) is 3.00. The molecule has 6 nitrogen and oxygen atoms in total. The van der Waals surface area contributed by atoms with Crippen molar-refractivity contribution in [3.8, 4) is 22.6 Å². The van der Waals surface area contributed by atoms with E-state index >= 15 is 0 Å². The summed E-state index contributed by atoms with van der Waals surface area (Å²) in [5.74, 6) is 0.396. The zero-order chi connectivity index (χ0) is 17.3. The van der Waals surface area contributed by atoms with Gasteiger partial charge in [-0.15, -0.1) is 5.10 Å². The van der Waals surface area contributed by atoms with Crippen molar-refractivity contribution in [2.75, 3.05) is 7.11 Å². The second-order valence-corrected chi connectivity index (χ2v) is 5.27. The van der Waals surface area contributed by atoms with E-state index in [4.69, 9.17) is 16.3 Å². The fourth-order valence-electron chi connectivity index (χ4n) is 2.26. The molecule has 0 aliphatic heterocycles. The van der Waals surface area contributed by atoms with Crippen molar-refractivity contribution in [2.45, 2.75) is 6.43 Å². The van der Waals surface area contributed by atoms with Crippen LogP contribution in [0.3, 0.4) is 0 Å². The molecule has 1 N–H and O–H groups in total. The molecule has 0 radical (unpaired) electrons. The number of hydrogen-bond donors (Lipinski definition) is 1. The van der Waals surface area contributed by atoms with E-state index in [9.17, 15) is 13.6 Å². The quantitative estimate of drug-likeness (QED) is 0.782. The van der Waals surface area contributed by atoms with Crippen LogP contribution < -0.4 is 10.3 Å². The van der Waals surface area contributed by atoms with E-state index in [1.807, 2.05) is 0 Å². The molecule has 9 heteroatoms. The number of alkyl halides is 2. The highest BCUT2D eigenvalue weighted by molar-refractivity contribution is 6.31. The summed E-state index contributed by atoms with van der Waals surface area (Å²) in [4.78, 5) is 14.2. The second-order valence-electron chi connectivity index (χ2n) is 4.83.